The van der Waals surface area contributed by atoms with Crippen LogP contribution in [0.3, 0.4) is 0 Å². The zero-order valence-corrected chi connectivity index (χ0v) is 13.9. The summed E-state index contributed by atoms with van der Waals surface area (Å²) in [6.45, 7) is -1.21. The monoisotopic (exact) mass is 415 g/mol. The quantitative estimate of drug-likeness (QED) is 0.456. The molecule has 0 radical (unpaired) electrons. The standard InChI is InChI=1S/C14H7ClF5NO4S/c15-6-2-7(16)5(1-10(6)26(24,25)21-11(23)4-22)12-8(17)3-9(18)13(19)14(12)20/h1-3,22H,4H2,(H,21,23). The summed E-state index contributed by atoms with van der Waals surface area (Å²) < 4.78 is 93.6. The summed E-state index contributed by atoms with van der Waals surface area (Å²) >= 11 is 5.58. The Labute approximate surface area is 148 Å². The number of nitrogens with one attached hydrogen (secondary N) is 1. The van der Waals surface area contributed by atoms with E-state index in [0.717, 1.165) is 0 Å². The first-order chi connectivity index (χ1) is 12.0. The van der Waals surface area contributed by atoms with E-state index in [-0.39, 0.29) is 6.07 Å². The number of rotatable bonds is 4. The number of hydrogen-bond acceptors (Lipinski definition) is 4. The van der Waals surface area contributed by atoms with Gasteiger partial charge in [-0.15, -0.1) is 0 Å². The Morgan fingerprint density at radius 2 is 1.62 bits per heavy atom. The zero-order chi connectivity index (χ0) is 19.8. The summed E-state index contributed by atoms with van der Waals surface area (Å²) in [7, 11) is -4.76. The second-order valence-corrected chi connectivity index (χ2v) is 6.85. The zero-order valence-electron chi connectivity index (χ0n) is 12.3. The van der Waals surface area contributed by atoms with Crippen LogP contribution in [0.25, 0.3) is 11.1 Å². The lowest BCUT2D eigenvalue weighted by Crippen LogP contribution is -2.32. The first-order valence-corrected chi connectivity index (χ1v) is 8.34. The van der Waals surface area contributed by atoms with Gasteiger partial charge in [-0.1, -0.05) is 11.6 Å². The number of aliphatic hydroxyl groups is 1. The topological polar surface area (TPSA) is 83.5 Å². The molecule has 26 heavy (non-hydrogen) atoms. The number of aliphatic hydroxyl groups excluding tert-OH is 1. The third-order valence-electron chi connectivity index (χ3n) is 3.09. The number of halogens is 6. The molecule has 0 saturated carbocycles. The van der Waals surface area contributed by atoms with Crippen molar-refractivity contribution < 1.29 is 40.3 Å². The molecule has 140 valence electrons. The summed E-state index contributed by atoms with van der Waals surface area (Å²) in [6.07, 6.45) is 0. The maximum Gasteiger partial charge on any atom is 0.265 e. The minimum atomic E-state index is -4.76. The molecule has 0 fully saturated rings. The van der Waals surface area contributed by atoms with Crippen LogP contribution in [0, 0.1) is 29.1 Å². The third-order valence-corrected chi connectivity index (χ3v) is 4.92. The van der Waals surface area contributed by atoms with Gasteiger partial charge in [0.2, 0.25) is 0 Å². The maximum absolute atomic E-state index is 14.1. The van der Waals surface area contributed by atoms with E-state index in [1.165, 1.54) is 4.72 Å². The van der Waals surface area contributed by atoms with Crippen LogP contribution in [-0.4, -0.2) is 26.0 Å². The predicted molar refractivity (Wildman–Crippen MR) is 79.1 cm³/mol. The summed E-state index contributed by atoms with van der Waals surface area (Å²) in [5, 5.41) is 7.80. The first kappa shape index (κ1) is 20.1. The molecular weight excluding hydrogens is 409 g/mol. The van der Waals surface area contributed by atoms with Crippen LogP contribution in [0.4, 0.5) is 22.0 Å². The lowest BCUT2D eigenvalue weighted by molar-refractivity contribution is -0.122. The molecule has 12 heteroatoms. The van der Waals surface area contributed by atoms with Crippen molar-refractivity contribution in [2.75, 3.05) is 6.61 Å². The lowest BCUT2D eigenvalue weighted by Gasteiger charge is -2.12. The fourth-order valence-corrected chi connectivity index (χ4v) is 3.49. The molecule has 2 aromatic rings. The number of sulfonamides is 1. The summed E-state index contributed by atoms with van der Waals surface area (Å²) in [5.74, 6) is -10.6. The molecule has 0 heterocycles. The van der Waals surface area contributed by atoms with Gasteiger partial charge in [0, 0.05) is 11.6 Å². The van der Waals surface area contributed by atoms with Crippen molar-refractivity contribution in [2.45, 2.75) is 4.90 Å². The Kier molecular flexibility index (Phi) is 5.54. The third kappa shape index (κ3) is 3.64. The minimum absolute atomic E-state index is 0.0521. The normalized spacial score (nSPS) is 11.5. The number of benzene rings is 2. The first-order valence-electron chi connectivity index (χ1n) is 6.48. The molecule has 1 amide bonds. The molecule has 5 nitrogen and oxygen atoms in total. The van der Waals surface area contributed by atoms with Crippen LogP contribution in [-0.2, 0) is 14.8 Å². The molecule has 2 rings (SSSR count). The smallest absolute Gasteiger partial charge is 0.265 e. The van der Waals surface area contributed by atoms with Crippen molar-refractivity contribution in [2.24, 2.45) is 0 Å². The molecule has 0 atom stereocenters. The second-order valence-electron chi connectivity index (χ2n) is 4.79. The van der Waals surface area contributed by atoms with Gasteiger partial charge < -0.3 is 5.11 Å². The molecular formula is C14H7ClF5NO4S. The van der Waals surface area contributed by atoms with Crippen LogP contribution in [0.5, 0.6) is 0 Å². The summed E-state index contributed by atoms with van der Waals surface area (Å²) in [5.41, 5.74) is -2.46. The highest BCUT2D eigenvalue weighted by molar-refractivity contribution is 7.90. The Morgan fingerprint density at radius 1 is 1.00 bits per heavy atom. The fourth-order valence-electron chi connectivity index (χ4n) is 1.98. The predicted octanol–water partition coefficient (Wildman–Crippen LogP) is 2.50. The molecule has 0 unspecified atom stereocenters. The van der Waals surface area contributed by atoms with Crippen molar-refractivity contribution >= 4 is 27.5 Å². The van der Waals surface area contributed by atoms with E-state index in [2.05, 4.69) is 0 Å². The molecule has 0 aromatic heterocycles. The molecule has 2 aromatic carbocycles. The molecule has 0 spiro atoms. The molecule has 0 aliphatic rings. The Morgan fingerprint density at radius 3 is 2.19 bits per heavy atom. The summed E-state index contributed by atoms with van der Waals surface area (Å²) in [6, 6.07) is 0.641. The number of amides is 1. The Balaban J connectivity index is 2.75. The minimum Gasteiger partial charge on any atom is -0.387 e. The van der Waals surface area contributed by atoms with Gasteiger partial charge in [-0.05, 0) is 12.1 Å². The highest BCUT2D eigenvalue weighted by Crippen LogP contribution is 2.35. The van der Waals surface area contributed by atoms with E-state index in [1.54, 1.807) is 0 Å². The Bertz CT molecular complexity index is 1010. The number of hydrogen-bond donors (Lipinski definition) is 2. The van der Waals surface area contributed by atoms with E-state index in [1.807, 2.05) is 0 Å². The maximum atomic E-state index is 14.1. The van der Waals surface area contributed by atoms with Gasteiger partial charge in [0.15, 0.2) is 17.5 Å². The average Bonchev–Trinajstić information content (AvgIpc) is 2.53. The van der Waals surface area contributed by atoms with Crippen molar-refractivity contribution in [1.29, 1.82) is 0 Å². The van der Waals surface area contributed by atoms with Crippen molar-refractivity contribution in [3.63, 3.8) is 0 Å². The van der Waals surface area contributed by atoms with Gasteiger partial charge in [-0.25, -0.2) is 35.1 Å². The van der Waals surface area contributed by atoms with E-state index in [9.17, 15) is 35.2 Å². The number of carbonyl (C=O) groups is 1. The van der Waals surface area contributed by atoms with Crippen LogP contribution < -0.4 is 4.72 Å². The fraction of sp³-hybridized carbons (Fsp3) is 0.0714. The molecule has 0 aliphatic carbocycles. The van der Waals surface area contributed by atoms with Crippen LogP contribution in [0.1, 0.15) is 0 Å². The van der Waals surface area contributed by atoms with Gasteiger partial charge in [-0.2, -0.15) is 0 Å². The Hall–Kier alpha value is -2.24. The molecule has 0 saturated heterocycles. The van der Waals surface area contributed by atoms with Crippen LogP contribution in [0.15, 0.2) is 23.1 Å². The highest BCUT2D eigenvalue weighted by atomic mass is 35.5. The molecule has 0 aliphatic heterocycles. The van der Waals surface area contributed by atoms with Gasteiger partial charge in [0.1, 0.15) is 23.1 Å². The van der Waals surface area contributed by atoms with Gasteiger partial charge in [0.25, 0.3) is 15.9 Å². The van der Waals surface area contributed by atoms with E-state index >= 15 is 0 Å². The SMILES string of the molecule is O=C(CO)NS(=O)(=O)c1cc(-c2c(F)cc(F)c(F)c2F)c(F)cc1Cl. The van der Waals surface area contributed by atoms with E-state index in [4.69, 9.17) is 16.7 Å². The lowest BCUT2D eigenvalue weighted by atomic mass is 10.0. The molecule has 2 N–H and O–H groups in total. The van der Waals surface area contributed by atoms with Crippen molar-refractivity contribution in [3.05, 3.63) is 52.3 Å². The molecule has 0 bridgehead atoms. The van der Waals surface area contributed by atoms with Gasteiger partial charge in [0.05, 0.1) is 10.6 Å². The van der Waals surface area contributed by atoms with Gasteiger partial charge in [-0.3, -0.25) is 4.79 Å². The van der Waals surface area contributed by atoms with E-state index in [0.29, 0.717) is 12.1 Å². The second kappa shape index (κ2) is 7.17. The van der Waals surface area contributed by atoms with Crippen molar-refractivity contribution in [1.82, 2.24) is 4.72 Å². The largest absolute Gasteiger partial charge is 0.387 e. The average molecular weight is 416 g/mol. The van der Waals surface area contributed by atoms with Gasteiger partial charge >= 0.3 is 0 Å². The summed E-state index contributed by atoms with van der Waals surface area (Å²) in [4.78, 5) is 10.1. The van der Waals surface area contributed by atoms with E-state index < -0.39 is 72.7 Å². The van der Waals surface area contributed by atoms with Crippen molar-refractivity contribution in [3.8, 4) is 11.1 Å². The number of carbonyl (C=O) groups excluding carboxylic acids is 1. The highest BCUT2D eigenvalue weighted by Gasteiger charge is 2.27. The van der Waals surface area contributed by atoms with Crippen LogP contribution in [0.2, 0.25) is 5.02 Å². The van der Waals surface area contributed by atoms with Crippen LogP contribution >= 0.6 is 11.6 Å².